The van der Waals surface area contributed by atoms with Crippen molar-refractivity contribution in [2.45, 2.75) is 13.5 Å². The van der Waals surface area contributed by atoms with Crippen LogP contribution in [0.3, 0.4) is 0 Å². The summed E-state index contributed by atoms with van der Waals surface area (Å²) in [6.45, 7) is 2.38. The third-order valence-corrected chi connectivity index (χ3v) is 3.28. The Balaban J connectivity index is 2.07. The Morgan fingerprint density at radius 3 is 2.80 bits per heavy atom. The average Bonchev–Trinajstić information content (AvgIpc) is 2.76. The third-order valence-electron chi connectivity index (χ3n) is 3.28. The van der Waals surface area contributed by atoms with Crippen LogP contribution in [0.1, 0.15) is 21.6 Å². The zero-order chi connectivity index (χ0) is 14.7. The van der Waals surface area contributed by atoms with E-state index < -0.39 is 0 Å². The van der Waals surface area contributed by atoms with Crippen LogP contribution in [0.4, 0.5) is 5.69 Å². The second-order valence-electron chi connectivity index (χ2n) is 4.51. The van der Waals surface area contributed by atoms with Gasteiger partial charge in [-0.05, 0) is 19.1 Å². The molecular formula is C14H18N4O2. The molecule has 106 valence electrons. The van der Waals surface area contributed by atoms with Gasteiger partial charge in [-0.1, -0.05) is 0 Å². The van der Waals surface area contributed by atoms with Gasteiger partial charge in [-0.15, -0.1) is 0 Å². The van der Waals surface area contributed by atoms with Gasteiger partial charge in [0.25, 0.3) is 5.91 Å². The molecule has 0 saturated heterocycles. The predicted octanol–water partition coefficient (Wildman–Crippen LogP) is 1.25. The van der Waals surface area contributed by atoms with Crippen molar-refractivity contribution in [3.05, 3.63) is 41.2 Å². The van der Waals surface area contributed by atoms with E-state index in [9.17, 15) is 4.79 Å². The fourth-order valence-corrected chi connectivity index (χ4v) is 1.86. The normalized spacial score (nSPS) is 10.3. The van der Waals surface area contributed by atoms with Gasteiger partial charge in [0.2, 0.25) is 0 Å². The summed E-state index contributed by atoms with van der Waals surface area (Å²) in [6.07, 6.45) is 1.74. The summed E-state index contributed by atoms with van der Waals surface area (Å²) in [5.74, 6) is 0.413. The van der Waals surface area contributed by atoms with E-state index in [1.807, 2.05) is 14.0 Å². The maximum Gasteiger partial charge on any atom is 0.253 e. The minimum atomic E-state index is -0.214. The first kappa shape index (κ1) is 13.9. The number of methoxy groups -OCH3 is 1. The number of amides is 1. The van der Waals surface area contributed by atoms with E-state index >= 15 is 0 Å². The van der Waals surface area contributed by atoms with Gasteiger partial charge in [0, 0.05) is 36.6 Å². The SMILES string of the molecule is COc1ccc(C(=O)NCc2cnn(C)c2C)c(N)c1. The molecule has 2 aromatic rings. The molecule has 0 radical (unpaired) electrons. The Bertz CT molecular complexity index is 634. The van der Waals surface area contributed by atoms with Crippen molar-refractivity contribution in [1.82, 2.24) is 15.1 Å². The van der Waals surface area contributed by atoms with E-state index in [1.54, 1.807) is 36.2 Å². The Morgan fingerprint density at radius 2 is 2.25 bits per heavy atom. The molecule has 0 saturated carbocycles. The summed E-state index contributed by atoms with van der Waals surface area (Å²) in [5, 5.41) is 6.97. The number of aryl methyl sites for hydroxylation is 1. The van der Waals surface area contributed by atoms with Crippen molar-refractivity contribution in [3.8, 4) is 5.75 Å². The van der Waals surface area contributed by atoms with Gasteiger partial charge < -0.3 is 15.8 Å². The van der Waals surface area contributed by atoms with Crippen LogP contribution in [0.2, 0.25) is 0 Å². The summed E-state index contributed by atoms with van der Waals surface area (Å²) in [5.41, 5.74) is 8.68. The maximum absolute atomic E-state index is 12.1. The van der Waals surface area contributed by atoms with Gasteiger partial charge in [-0.3, -0.25) is 9.48 Å². The molecule has 6 nitrogen and oxygen atoms in total. The first-order valence-electron chi connectivity index (χ1n) is 6.22. The monoisotopic (exact) mass is 274 g/mol. The molecule has 0 atom stereocenters. The molecule has 0 bridgehead atoms. The minimum Gasteiger partial charge on any atom is -0.497 e. The van der Waals surface area contributed by atoms with E-state index in [0.717, 1.165) is 11.3 Å². The Morgan fingerprint density at radius 1 is 1.50 bits per heavy atom. The molecular weight excluding hydrogens is 256 g/mol. The van der Waals surface area contributed by atoms with Crippen molar-refractivity contribution < 1.29 is 9.53 Å². The first-order chi connectivity index (χ1) is 9.52. The van der Waals surface area contributed by atoms with E-state index in [1.165, 1.54) is 0 Å². The maximum atomic E-state index is 12.1. The highest BCUT2D eigenvalue weighted by Gasteiger charge is 2.11. The molecule has 0 unspecified atom stereocenters. The number of nitrogens with zero attached hydrogens (tertiary/aromatic N) is 2. The number of rotatable bonds is 4. The summed E-state index contributed by atoms with van der Waals surface area (Å²) >= 11 is 0. The van der Waals surface area contributed by atoms with Gasteiger partial charge in [-0.2, -0.15) is 5.10 Å². The van der Waals surface area contributed by atoms with Gasteiger partial charge >= 0.3 is 0 Å². The quantitative estimate of drug-likeness (QED) is 0.822. The molecule has 0 fully saturated rings. The van der Waals surface area contributed by atoms with Crippen LogP contribution in [0.25, 0.3) is 0 Å². The largest absolute Gasteiger partial charge is 0.497 e. The van der Waals surface area contributed by atoms with Crippen LogP contribution in [0, 0.1) is 6.92 Å². The van der Waals surface area contributed by atoms with Crippen LogP contribution in [-0.4, -0.2) is 22.8 Å². The van der Waals surface area contributed by atoms with E-state index in [0.29, 0.717) is 23.5 Å². The molecule has 0 aliphatic rings. The van der Waals surface area contributed by atoms with Gasteiger partial charge in [-0.25, -0.2) is 0 Å². The second kappa shape index (κ2) is 5.64. The highest BCUT2D eigenvalue weighted by atomic mass is 16.5. The summed E-state index contributed by atoms with van der Waals surface area (Å²) in [6, 6.07) is 4.99. The molecule has 2 rings (SSSR count). The Hall–Kier alpha value is -2.50. The number of hydrogen-bond donors (Lipinski definition) is 2. The van der Waals surface area contributed by atoms with Crippen molar-refractivity contribution >= 4 is 11.6 Å². The first-order valence-corrected chi connectivity index (χ1v) is 6.22. The lowest BCUT2D eigenvalue weighted by Crippen LogP contribution is -2.24. The van der Waals surface area contributed by atoms with Crippen LogP contribution < -0.4 is 15.8 Å². The van der Waals surface area contributed by atoms with Gasteiger partial charge in [0.15, 0.2) is 0 Å². The standard InChI is InChI=1S/C14H18N4O2/c1-9-10(8-17-18(9)2)7-16-14(19)12-5-4-11(20-3)6-13(12)15/h4-6,8H,7,15H2,1-3H3,(H,16,19). The number of hydrogen-bond acceptors (Lipinski definition) is 4. The number of nitrogen functional groups attached to an aromatic ring is 1. The smallest absolute Gasteiger partial charge is 0.253 e. The highest BCUT2D eigenvalue weighted by molar-refractivity contribution is 5.99. The van der Waals surface area contributed by atoms with Crippen LogP contribution >= 0.6 is 0 Å². The number of carbonyl (C=O) groups is 1. The molecule has 1 aromatic carbocycles. The van der Waals surface area contributed by atoms with Crippen LogP contribution in [0.15, 0.2) is 24.4 Å². The summed E-state index contributed by atoms with van der Waals surface area (Å²) < 4.78 is 6.82. The minimum absolute atomic E-state index is 0.214. The molecule has 6 heteroatoms. The number of nitrogens with two attached hydrogens (primary N) is 1. The van der Waals surface area contributed by atoms with Gasteiger partial charge in [0.1, 0.15) is 5.75 Å². The van der Waals surface area contributed by atoms with Crippen molar-refractivity contribution in [2.24, 2.45) is 7.05 Å². The fourth-order valence-electron chi connectivity index (χ4n) is 1.86. The van der Waals surface area contributed by atoms with Crippen LogP contribution in [-0.2, 0) is 13.6 Å². The number of ether oxygens (including phenoxy) is 1. The lowest BCUT2D eigenvalue weighted by molar-refractivity contribution is 0.0951. The van der Waals surface area contributed by atoms with E-state index in [4.69, 9.17) is 10.5 Å². The van der Waals surface area contributed by atoms with Crippen molar-refractivity contribution in [2.75, 3.05) is 12.8 Å². The predicted molar refractivity (Wildman–Crippen MR) is 76.5 cm³/mol. The van der Waals surface area contributed by atoms with Crippen LogP contribution in [0.5, 0.6) is 5.75 Å². The molecule has 1 amide bonds. The zero-order valence-corrected chi connectivity index (χ0v) is 11.8. The third kappa shape index (κ3) is 2.74. The molecule has 0 aliphatic carbocycles. The molecule has 3 N–H and O–H groups in total. The number of nitrogens with one attached hydrogen (secondary N) is 1. The Labute approximate surface area is 117 Å². The number of carbonyl (C=O) groups excluding carboxylic acids is 1. The molecule has 20 heavy (non-hydrogen) atoms. The number of benzene rings is 1. The lowest BCUT2D eigenvalue weighted by Gasteiger charge is -2.09. The van der Waals surface area contributed by atoms with Gasteiger partial charge in [0.05, 0.1) is 18.9 Å². The van der Waals surface area contributed by atoms with E-state index in [-0.39, 0.29) is 5.91 Å². The highest BCUT2D eigenvalue weighted by Crippen LogP contribution is 2.19. The van der Waals surface area contributed by atoms with E-state index in [2.05, 4.69) is 10.4 Å². The fraction of sp³-hybridized carbons (Fsp3) is 0.286. The number of aromatic nitrogens is 2. The molecule has 1 aromatic heterocycles. The lowest BCUT2D eigenvalue weighted by atomic mass is 10.1. The molecule has 0 aliphatic heterocycles. The zero-order valence-electron chi connectivity index (χ0n) is 11.8. The second-order valence-corrected chi connectivity index (χ2v) is 4.51. The molecule has 1 heterocycles. The topological polar surface area (TPSA) is 82.2 Å². The molecule has 0 spiro atoms. The van der Waals surface area contributed by atoms with Crippen molar-refractivity contribution in [1.29, 1.82) is 0 Å². The Kier molecular flexibility index (Phi) is 3.93. The summed E-state index contributed by atoms with van der Waals surface area (Å²) in [4.78, 5) is 12.1. The number of anilines is 1. The average molecular weight is 274 g/mol. The summed E-state index contributed by atoms with van der Waals surface area (Å²) in [7, 11) is 3.42. The van der Waals surface area contributed by atoms with Crippen molar-refractivity contribution in [3.63, 3.8) is 0 Å².